The van der Waals surface area contributed by atoms with E-state index in [9.17, 15) is 4.79 Å². The molecule has 0 saturated heterocycles. The first kappa shape index (κ1) is 14.1. The van der Waals surface area contributed by atoms with E-state index in [1.807, 2.05) is 14.1 Å². The van der Waals surface area contributed by atoms with Gasteiger partial charge in [-0.3, -0.25) is 4.79 Å². The molecule has 0 radical (unpaired) electrons. The first-order valence-electron chi connectivity index (χ1n) is 6.76. The lowest BCUT2D eigenvalue weighted by Crippen LogP contribution is -2.18. The van der Waals surface area contributed by atoms with E-state index in [4.69, 9.17) is 9.47 Å². The third-order valence-corrected chi connectivity index (χ3v) is 3.24. The second kappa shape index (κ2) is 5.51. The second-order valence-corrected chi connectivity index (χ2v) is 5.09. The number of fused-ring (bicyclic) bond motifs is 1. The number of amides is 1. The van der Waals surface area contributed by atoms with E-state index >= 15 is 0 Å². The van der Waals surface area contributed by atoms with Crippen LogP contribution in [0.5, 0.6) is 11.5 Å². The van der Waals surface area contributed by atoms with Crippen molar-refractivity contribution >= 4 is 17.5 Å². The molecule has 1 aromatic carbocycles. The van der Waals surface area contributed by atoms with Crippen LogP contribution in [-0.2, 0) is 0 Å². The average Bonchev–Trinajstić information content (AvgIpc) is 2.94. The van der Waals surface area contributed by atoms with Gasteiger partial charge >= 0.3 is 0 Å². The summed E-state index contributed by atoms with van der Waals surface area (Å²) in [6.45, 7) is 1.98. The molecule has 0 spiro atoms. The Morgan fingerprint density at radius 3 is 2.77 bits per heavy atom. The molecule has 0 bridgehead atoms. The summed E-state index contributed by atoms with van der Waals surface area (Å²) in [4.78, 5) is 22.6. The molecule has 114 valence electrons. The molecule has 22 heavy (non-hydrogen) atoms. The Kier molecular flexibility index (Phi) is 3.54. The summed E-state index contributed by atoms with van der Waals surface area (Å²) in [5.41, 5.74) is 1.69. The molecule has 1 amide bonds. The van der Waals surface area contributed by atoms with Gasteiger partial charge in [0.05, 0.1) is 11.3 Å². The Morgan fingerprint density at radius 1 is 1.27 bits per heavy atom. The molecule has 2 heterocycles. The summed E-state index contributed by atoms with van der Waals surface area (Å²) in [5.74, 6) is 1.60. The molecule has 0 atom stereocenters. The molecule has 0 fully saturated rings. The topological polar surface area (TPSA) is 76.6 Å². The predicted molar refractivity (Wildman–Crippen MR) is 81.6 cm³/mol. The van der Waals surface area contributed by atoms with Gasteiger partial charge in [-0.1, -0.05) is 0 Å². The van der Waals surface area contributed by atoms with Crippen molar-refractivity contribution in [2.75, 3.05) is 31.1 Å². The van der Waals surface area contributed by atoms with Crippen molar-refractivity contribution in [1.29, 1.82) is 0 Å². The van der Waals surface area contributed by atoms with Crippen molar-refractivity contribution in [3.63, 3.8) is 0 Å². The molecule has 0 unspecified atom stereocenters. The Labute approximate surface area is 127 Å². The van der Waals surface area contributed by atoms with Crippen molar-refractivity contribution in [3.05, 3.63) is 35.7 Å². The fraction of sp³-hybridized carbons (Fsp3) is 0.267. The summed E-state index contributed by atoms with van der Waals surface area (Å²) < 4.78 is 10.5. The zero-order valence-electron chi connectivity index (χ0n) is 12.6. The van der Waals surface area contributed by atoms with E-state index in [0.29, 0.717) is 34.4 Å². The van der Waals surface area contributed by atoms with Gasteiger partial charge in [0, 0.05) is 32.0 Å². The van der Waals surface area contributed by atoms with Crippen LogP contribution >= 0.6 is 0 Å². The minimum atomic E-state index is -0.262. The lowest BCUT2D eigenvalue weighted by atomic mass is 10.2. The van der Waals surface area contributed by atoms with Crippen molar-refractivity contribution in [3.8, 4) is 11.5 Å². The van der Waals surface area contributed by atoms with Gasteiger partial charge < -0.3 is 19.7 Å². The Bertz CT molecular complexity index is 731. The normalized spacial score (nSPS) is 12.1. The van der Waals surface area contributed by atoms with Crippen molar-refractivity contribution < 1.29 is 14.3 Å². The van der Waals surface area contributed by atoms with Crippen LogP contribution in [0.3, 0.4) is 0 Å². The van der Waals surface area contributed by atoms with Gasteiger partial charge in [-0.25, -0.2) is 9.97 Å². The fourth-order valence-electron chi connectivity index (χ4n) is 2.07. The number of nitrogens with zero attached hydrogens (tertiary/aromatic N) is 3. The number of carbonyl (C=O) groups is 1. The van der Waals surface area contributed by atoms with Gasteiger partial charge in [-0.05, 0) is 19.1 Å². The SMILES string of the molecule is Cc1nc(N(C)C)ncc1C(=O)Nc1ccc2c(c1)OCO2. The average molecular weight is 300 g/mol. The van der Waals surface area contributed by atoms with Gasteiger partial charge in [-0.15, -0.1) is 0 Å². The summed E-state index contributed by atoms with van der Waals surface area (Å²) in [5, 5.41) is 2.81. The van der Waals surface area contributed by atoms with Crippen LogP contribution in [-0.4, -0.2) is 36.8 Å². The van der Waals surface area contributed by atoms with Gasteiger partial charge in [-0.2, -0.15) is 0 Å². The Balaban J connectivity index is 1.80. The van der Waals surface area contributed by atoms with Crippen molar-refractivity contribution in [2.24, 2.45) is 0 Å². The zero-order chi connectivity index (χ0) is 15.7. The summed E-state index contributed by atoms with van der Waals surface area (Å²) in [6.07, 6.45) is 1.53. The molecule has 3 rings (SSSR count). The highest BCUT2D eigenvalue weighted by Crippen LogP contribution is 2.34. The second-order valence-electron chi connectivity index (χ2n) is 5.09. The molecule has 7 heteroatoms. The number of rotatable bonds is 3. The number of aryl methyl sites for hydroxylation is 1. The lowest BCUT2D eigenvalue weighted by Gasteiger charge is -2.12. The lowest BCUT2D eigenvalue weighted by molar-refractivity contribution is 0.102. The molecule has 1 N–H and O–H groups in total. The van der Waals surface area contributed by atoms with Crippen LogP contribution in [0, 0.1) is 6.92 Å². The van der Waals surface area contributed by atoms with Crippen molar-refractivity contribution in [1.82, 2.24) is 9.97 Å². The maximum atomic E-state index is 12.3. The smallest absolute Gasteiger partial charge is 0.259 e. The van der Waals surface area contributed by atoms with Crippen LogP contribution in [0.4, 0.5) is 11.6 Å². The minimum absolute atomic E-state index is 0.200. The summed E-state index contributed by atoms with van der Waals surface area (Å²) >= 11 is 0. The van der Waals surface area contributed by atoms with E-state index in [1.54, 1.807) is 30.0 Å². The van der Waals surface area contributed by atoms with Gasteiger partial charge in [0.1, 0.15) is 0 Å². The number of hydrogen-bond donors (Lipinski definition) is 1. The largest absolute Gasteiger partial charge is 0.454 e. The molecule has 1 aliphatic rings. The van der Waals surface area contributed by atoms with E-state index in [-0.39, 0.29) is 12.7 Å². The standard InChI is InChI=1S/C15H16N4O3/c1-9-11(7-16-15(17-9)19(2)3)14(20)18-10-4-5-12-13(6-10)22-8-21-12/h4-7H,8H2,1-3H3,(H,18,20). The number of nitrogens with one attached hydrogen (secondary N) is 1. The highest BCUT2D eigenvalue weighted by atomic mass is 16.7. The molecule has 2 aromatic rings. The molecular weight excluding hydrogens is 284 g/mol. The third kappa shape index (κ3) is 2.65. The molecule has 1 aliphatic heterocycles. The van der Waals surface area contributed by atoms with Gasteiger partial charge in [0.15, 0.2) is 11.5 Å². The first-order valence-corrected chi connectivity index (χ1v) is 6.76. The number of anilines is 2. The van der Waals surface area contributed by atoms with Crippen LogP contribution < -0.4 is 19.7 Å². The van der Waals surface area contributed by atoms with Crippen molar-refractivity contribution in [2.45, 2.75) is 6.92 Å². The highest BCUT2D eigenvalue weighted by molar-refractivity contribution is 6.05. The number of carbonyl (C=O) groups excluding carboxylic acids is 1. The molecule has 7 nitrogen and oxygen atoms in total. The quantitative estimate of drug-likeness (QED) is 0.932. The Morgan fingerprint density at radius 2 is 2.05 bits per heavy atom. The monoisotopic (exact) mass is 300 g/mol. The van der Waals surface area contributed by atoms with E-state index < -0.39 is 0 Å². The fourth-order valence-corrected chi connectivity index (χ4v) is 2.07. The van der Waals surface area contributed by atoms with Crippen LogP contribution in [0.15, 0.2) is 24.4 Å². The molecule has 0 saturated carbocycles. The summed E-state index contributed by atoms with van der Waals surface area (Å²) in [6, 6.07) is 5.25. The number of hydrogen-bond acceptors (Lipinski definition) is 6. The maximum Gasteiger partial charge on any atom is 0.259 e. The predicted octanol–water partition coefficient (Wildman–Crippen LogP) is 1.83. The zero-order valence-corrected chi connectivity index (χ0v) is 12.6. The summed E-state index contributed by atoms with van der Waals surface area (Å²) in [7, 11) is 3.70. The maximum absolute atomic E-state index is 12.3. The van der Waals surface area contributed by atoms with Crippen LogP contribution in [0.2, 0.25) is 0 Å². The number of ether oxygens (including phenoxy) is 2. The van der Waals surface area contributed by atoms with Gasteiger partial charge in [0.2, 0.25) is 12.7 Å². The molecule has 1 aromatic heterocycles. The number of aromatic nitrogens is 2. The third-order valence-electron chi connectivity index (χ3n) is 3.24. The van der Waals surface area contributed by atoms with E-state index in [0.717, 1.165) is 0 Å². The molecule has 0 aliphatic carbocycles. The van der Waals surface area contributed by atoms with Gasteiger partial charge in [0.25, 0.3) is 5.91 Å². The first-order chi connectivity index (χ1) is 10.5. The van der Waals surface area contributed by atoms with E-state index in [1.165, 1.54) is 6.20 Å². The highest BCUT2D eigenvalue weighted by Gasteiger charge is 2.16. The Hall–Kier alpha value is -2.83. The minimum Gasteiger partial charge on any atom is -0.454 e. The van der Waals surface area contributed by atoms with Crippen LogP contribution in [0.25, 0.3) is 0 Å². The molecular formula is C15H16N4O3. The van der Waals surface area contributed by atoms with Crippen LogP contribution in [0.1, 0.15) is 16.1 Å². The van der Waals surface area contributed by atoms with E-state index in [2.05, 4.69) is 15.3 Å². The number of benzene rings is 1.